The summed E-state index contributed by atoms with van der Waals surface area (Å²) in [6, 6.07) is 1.96. The Hall–Kier alpha value is -1.33. The van der Waals surface area contributed by atoms with Crippen LogP contribution in [-0.2, 0) is 13.0 Å². The minimum Gasteiger partial charge on any atom is -0.456 e. The second-order valence-corrected chi connectivity index (χ2v) is 7.74. The number of aliphatic hydroxyl groups is 1. The van der Waals surface area contributed by atoms with Gasteiger partial charge in [0.15, 0.2) is 5.76 Å². The Morgan fingerprint density at radius 1 is 1.24 bits per heavy atom. The molecular weight excluding hydrogens is 316 g/mol. The fraction of sp³-hybridized carbons (Fsp3) is 0.750. The lowest BCUT2D eigenvalue weighted by molar-refractivity contribution is 0.0232. The van der Waals surface area contributed by atoms with Gasteiger partial charge in [-0.05, 0) is 51.3 Å². The van der Waals surface area contributed by atoms with Crippen LogP contribution in [0, 0.1) is 5.41 Å². The summed E-state index contributed by atoms with van der Waals surface area (Å²) >= 11 is 0. The number of amides is 1. The summed E-state index contributed by atoms with van der Waals surface area (Å²) in [4.78, 5) is 17.3. The second kappa shape index (κ2) is 7.92. The molecule has 2 fully saturated rings. The molecule has 1 amide bonds. The monoisotopic (exact) mass is 348 g/mol. The lowest BCUT2D eigenvalue weighted by Gasteiger charge is -2.41. The molecule has 5 heteroatoms. The number of rotatable bonds is 6. The van der Waals surface area contributed by atoms with Crippen molar-refractivity contribution in [1.82, 2.24) is 9.80 Å². The van der Waals surface area contributed by atoms with Gasteiger partial charge in [0.25, 0.3) is 5.91 Å². The summed E-state index contributed by atoms with van der Waals surface area (Å²) < 4.78 is 5.94. The van der Waals surface area contributed by atoms with Crippen LogP contribution in [-0.4, -0.2) is 53.6 Å². The van der Waals surface area contributed by atoms with Crippen LogP contribution in [0.25, 0.3) is 0 Å². The normalized spacial score (nSPS) is 24.8. The fourth-order valence-electron chi connectivity index (χ4n) is 4.25. The number of aryl methyl sites for hydroxylation is 1. The van der Waals surface area contributed by atoms with E-state index in [0.717, 1.165) is 63.2 Å². The molecule has 25 heavy (non-hydrogen) atoms. The molecule has 1 atom stereocenters. The summed E-state index contributed by atoms with van der Waals surface area (Å²) in [5, 5.41) is 9.79. The number of hydrogen-bond acceptors (Lipinski definition) is 4. The lowest BCUT2D eigenvalue weighted by atomic mass is 9.78. The maximum absolute atomic E-state index is 13.0. The highest BCUT2D eigenvalue weighted by Gasteiger charge is 2.36. The third-order valence-corrected chi connectivity index (χ3v) is 6.06. The Bertz CT molecular complexity index is 586. The fourth-order valence-corrected chi connectivity index (χ4v) is 4.25. The minimum absolute atomic E-state index is 0.0200. The first-order valence-corrected chi connectivity index (χ1v) is 9.85. The molecule has 1 aromatic heterocycles. The van der Waals surface area contributed by atoms with Gasteiger partial charge in [0.05, 0.1) is 6.61 Å². The number of likely N-dealkylation sites (tertiary alicyclic amines) is 2. The first-order chi connectivity index (χ1) is 12.1. The van der Waals surface area contributed by atoms with Crippen LogP contribution in [0.5, 0.6) is 0 Å². The van der Waals surface area contributed by atoms with Gasteiger partial charge in [-0.25, -0.2) is 0 Å². The maximum atomic E-state index is 13.0. The number of furan rings is 1. The van der Waals surface area contributed by atoms with Gasteiger partial charge in [-0.3, -0.25) is 9.69 Å². The van der Waals surface area contributed by atoms with Crippen LogP contribution in [0.2, 0.25) is 0 Å². The number of aliphatic hydroxyl groups excluding tert-OH is 1. The van der Waals surface area contributed by atoms with Gasteiger partial charge in [0.2, 0.25) is 0 Å². The number of carbonyl (C=O) groups is 1. The Morgan fingerprint density at radius 2 is 2.00 bits per heavy atom. The molecule has 3 heterocycles. The quantitative estimate of drug-likeness (QED) is 0.858. The van der Waals surface area contributed by atoms with Gasteiger partial charge >= 0.3 is 0 Å². The molecule has 0 unspecified atom stereocenters. The van der Waals surface area contributed by atoms with Gasteiger partial charge in [-0.2, -0.15) is 0 Å². The van der Waals surface area contributed by atoms with Crippen molar-refractivity contribution in [3.8, 4) is 0 Å². The highest BCUT2D eigenvalue weighted by molar-refractivity contribution is 5.92. The second-order valence-electron chi connectivity index (χ2n) is 7.74. The van der Waals surface area contributed by atoms with Crippen LogP contribution < -0.4 is 0 Å². The van der Waals surface area contributed by atoms with E-state index in [1.54, 1.807) is 0 Å². The number of piperidine rings is 1. The average Bonchev–Trinajstić information content (AvgIpc) is 3.31. The minimum atomic E-state index is -0.146. The van der Waals surface area contributed by atoms with Crippen molar-refractivity contribution in [1.29, 1.82) is 0 Å². The van der Waals surface area contributed by atoms with Gasteiger partial charge in [-0.15, -0.1) is 0 Å². The molecule has 0 saturated carbocycles. The number of nitrogens with zero attached hydrogens (tertiary/aromatic N) is 2. The Labute approximate surface area is 151 Å². The molecule has 140 valence electrons. The molecule has 3 rings (SSSR count). The van der Waals surface area contributed by atoms with E-state index in [4.69, 9.17) is 4.42 Å². The molecule has 2 aliphatic heterocycles. The van der Waals surface area contributed by atoms with Crippen LogP contribution in [0.15, 0.2) is 10.5 Å². The highest BCUT2D eigenvalue weighted by Crippen LogP contribution is 2.33. The zero-order valence-electron chi connectivity index (χ0n) is 15.7. The third-order valence-electron chi connectivity index (χ3n) is 6.06. The van der Waals surface area contributed by atoms with Crippen molar-refractivity contribution in [2.45, 2.75) is 58.9 Å². The molecule has 0 aliphatic carbocycles. The number of carbonyl (C=O) groups excluding carboxylic acids is 1. The van der Waals surface area contributed by atoms with Crippen molar-refractivity contribution in [3.05, 3.63) is 23.2 Å². The molecule has 2 aliphatic rings. The first kappa shape index (κ1) is 18.5. The van der Waals surface area contributed by atoms with Gasteiger partial charge in [0.1, 0.15) is 5.76 Å². The summed E-state index contributed by atoms with van der Waals surface area (Å²) in [6.45, 7) is 8.86. The Morgan fingerprint density at radius 3 is 2.64 bits per heavy atom. The van der Waals surface area contributed by atoms with Crippen LogP contribution in [0.4, 0.5) is 0 Å². The average molecular weight is 348 g/mol. The van der Waals surface area contributed by atoms with Crippen LogP contribution in [0.1, 0.15) is 67.8 Å². The lowest BCUT2D eigenvalue weighted by Crippen LogP contribution is -2.47. The van der Waals surface area contributed by atoms with Crippen LogP contribution >= 0.6 is 0 Å². The van der Waals surface area contributed by atoms with Gasteiger partial charge in [-0.1, -0.05) is 13.8 Å². The summed E-state index contributed by atoms with van der Waals surface area (Å²) in [6.07, 6.45) is 6.17. The largest absolute Gasteiger partial charge is 0.456 e. The SMILES string of the molecule is CCc1oc(C(=O)N2CCC[C@@](CC)(CO)C2)cc1CN1CCCC1. The van der Waals surface area contributed by atoms with Gasteiger partial charge < -0.3 is 14.4 Å². The summed E-state index contributed by atoms with van der Waals surface area (Å²) in [5.41, 5.74) is 1.01. The summed E-state index contributed by atoms with van der Waals surface area (Å²) in [5.74, 6) is 1.39. The van der Waals surface area contributed by atoms with E-state index in [0.29, 0.717) is 12.3 Å². The van der Waals surface area contributed by atoms with E-state index < -0.39 is 0 Å². The molecular formula is C20H32N2O3. The van der Waals surface area contributed by atoms with Crippen LogP contribution in [0.3, 0.4) is 0 Å². The van der Waals surface area contributed by atoms with E-state index in [9.17, 15) is 9.90 Å². The number of hydrogen-bond donors (Lipinski definition) is 1. The van der Waals surface area contributed by atoms with E-state index in [2.05, 4.69) is 18.7 Å². The predicted octanol–water partition coefficient (Wildman–Crippen LogP) is 3.06. The van der Waals surface area contributed by atoms with E-state index in [1.165, 1.54) is 12.8 Å². The Kier molecular flexibility index (Phi) is 5.85. The molecule has 0 bridgehead atoms. The molecule has 1 aromatic rings. The molecule has 2 saturated heterocycles. The van der Waals surface area contributed by atoms with E-state index >= 15 is 0 Å². The summed E-state index contributed by atoms with van der Waals surface area (Å²) in [7, 11) is 0. The standard InChI is InChI=1S/C20H32N2O3/c1-3-17-16(13-21-9-5-6-10-21)12-18(25-17)19(24)22-11-7-8-20(4-2,14-22)15-23/h12,23H,3-11,13-15H2,1-2H3/t20-/m1/s1. The third kappa shape index (κ3) is 3.93. The zero-order chi connectivity index (χ0) is 17.9. The zero-order valence-corrected chi connectivity index (χ0v) is 15.7. The van der Waals surface area contributed by atoms with Gasteiger partial charge in [0, 0.05) is 37.0 Å². The topological polar surface area (TPSA) is 56.9 Å². The molecule has 1 N–H and O–H groups in total. The van der Waals surface area contributed by atoms with Crippen molar-refractivity contribution in [2.24, 2.45) is 5.41 Å². The molecule has 0 aromatic carbocycles. The smallest absolute Gasteiger partial charge is 0.289 e. The first-order valence-electron chi connectivity index (χ1n) is 9.85. The van der Waals surface area contributed by atoms with Crippen molar-refractivity contribution < 1.29 is 14.3 Å². The molecule has 0 spiro atoms. The Balaban J connectivity index is 1.74. The van der Waals surface area contributed by atoms with Crippen molar-refractivity contribution in [3.63, 3.8) is 0 Å². The van der Waals surface area contributed by atoms with E-state index in [1.807, 2.05) is 11.0 Å². The maximum Gasteiger partial charge on any atom is 0.289 e. The van der Waals surface area contributed by atoms with E-state index in [-0.39, 0.29) is 17.9 Å². The van der Waals surface area contributed by atoms with Crippen molar-refractivity contribution in [2.75, 3.05) is 32.8 Å². The predicted molar refractivity (Wildman–Crippen MR) is 97.5 cm³/mol. The molecule has 0 radical (unpaired) electrons. The molecule has 5 nitrogen and oxygen atoms in total. The highest BCUT2D eigenvalue weighted by atomic mass is 16.4. The van der Waals surface area contributed by atoms with Crippen molar-refractivity contribution >= 4 is 5.91 Å².